The topological polar surface area (TPSA) is 64.6 Å². The van der Waals surface area contributed by atoms with Crippen molar-refractivity contribution in [3.63, 3.8) is 0 Å². The molecule has 0 atom stereocenters. The molecule has 3 N–H and O–H groups in total. The molecule has 0 aliphatic carbocycles. The Balaban J connectivity index is 1.65. The van der Waals surface area contributed by atoms with E-state index in [9.17, 15) is 9.90 Å². The molecule has 3 rings (SSSR count). The number of phenolic OH excluding ortho intramolecular Hbond substituents is 1. The summed E-state index contributed by atoms with van der Waals surface area (Å²) >= 11 is 0. The molecule has 5 heteroatoms. The standard InChI is InChI=1S/C17H19N3O2/c21-16-7-1-13(2-8-16)17(22)19-14-3-5-15(6-4-14)20-11-9-18-10-12-20/h1-8,18,21H,9-12H2,(H,19,22). The van der Waals surface area contributed by atoms with Crippen molar-refractivity contribution in [2.45, 2.75) is 0 Å². The number of phenols is 1. The van der Waals surface area contributed by atoms with Crippen molar-refractivity contribution in [3.05, 3.63) is 54.1 Å². The number of carbonyl (C=O) groups is 1. The van der Waals surface area contributed by atoms with Gasteiger partial charge in [-0.15, -0.1) is 0 Å². The summed E-state index contributed by atoms with van der Waals surface area (Å²) in [5, 5.41) is 15.4. The molecule has 1 saturated heterocycles. The third kappa shape index (κ3) is 3.38. The van der Waals surface area contributed by atoms with Gasteiger partial charge < -0.3 is 20.6 Å². The van der Waals surface area contributed by atoms with Crippen molar-refractivity contribution >= 4 is 17.3 Å². The van der Waals surface area contributed by atoms with Gasteiger partial charge in [0.1, 0.15) is 5.75 Å². The van der Waals surface area contributed by atoms with E-state index < -0.39 is 0 Å². The van der Waals surface area contributed by atoms with Crippen molar-refractivity contribution in [1.29, 1.82) is 0 Å². The lowest BCUT2D eigenvalue weighted by molar-refractivity contribution is 0.102. The molecule has 0 bridgehead atoms. The van der Waals surface area contributed by atoms with Crippen LogP contribution in [0.5, 0.6) is 5.75 Å². The van der Waals surface area contributed by atoms with Gasteiger partial charge in [0, 0.05) is 43.1 Å². The molecule has 0 aromatic heterocycles. The fourth-order valence-electron chi connectivity index (χ4n) is 2.49. The molecule has 1 aliphatic rings. The molecule has 1 fully saturated rings. The summed E-state index contributed by atoms with van der Waals surface area (Å²) in [5.74, 6) is -0.0353. The van der Waals surface area contributed by atoms with Crippen molar-refractivity contribution in [1.82, 2.24) is 5.32 Å². The summed E-state index contributed by atoms with van der Waals surface area (Å²) in [4.78, 5) is 14.4. The van der Waals surface area contributed by atoms with Crippen LogP contribution in [-0.2, 0) is 0 Å². The quantitative estimate of drug-likeness (QED) is 0.811. The Morgan fingerprint density at radius 1 is 1.00 bits per heavy atom. The van der Waals surface area contributed by atoms with Crippen LogP contribution >= 0.6 is 0 Å². The molecule has 1 heterocycles. The van der Waals surface area contributed by atoms with Gasteiger partial charge in [-0.3, -0.25) is 4.79 Å². The Morgan fingerprint density at radius 2 is 1.64 bits per heavy atom. The number of nitrogens with one attached hydrogen (secondary N) is 2. The predicted molar refractivity (Wildman–Crippen MR) is 87.6 cm³/mol. The Labute approximate surface area is 129 Å². The monoisotopic (exact) mass is 297 g/mol. The number of piperazine rings is 1. The van der Waals surface area contributed by atoms with Gasteiger partial charge in [0.25, 0.3) is 5.91 Å². The van der Waals surface area contributed by atoms with Crippen LogP contribution in [0.4, 0.5) is 11.4 Å². The van der Waals surface area contributed by atoms with Gasteiger partial charge in [-0.05, 0) is 48.5 Å². The van der Waals surface area contributed by atoms with Crippen molar-refractivity contribution in [2.75, 3.05) is 36.4 Å². The highest BCUT2D eigenvalue weighted by Gasteiger charge is 2.11. The molecule has 5 nitrogen and oxygen atoms in total. The van der Waals surface area contributed by atoms with E-state index in [0.29, 0.717) is 5.56 Å². The smallest absolute Gasteiger partial charge is 0.255 e. The summed E-state index contributed by atoms with van der Waals surface area (Å²) in [6, 6.07) is 14.1. The zero-order valence-electron chi connectivity index (χ0n) is 12.2. The van der Waals surface area contributed by atoms with E-state index in [-0.39, 0.29) is 11.7 Å². The fourth-order valence-corrected chi connectivity index (χ4v) is 2.49. The van der Waals surface area contributed by atoms with Crippen LogP contribution in [-0.4, -0.2) is 37.2 Å². The first-order valence-corrected chi connectivity index (χ1v) is 7.38. The highest BCUT2D eigenvalue weighted by Crippen LogP contribution is 2.19. The van der Waals surface area contributed by atoms with Crippen LogP contribution in [0.3, 0.4) is 0 Å². The minimum Gasteiger partial charge on any atom is -0.508 e. The van der Waals surface area contributed by atoms with Crippen LogP contribution in [0.25, 0.3) is 0 Å². The van der Waals surface area contributed by atoms with Gasteiger partial charge in [0.05, 0.1) is 0 Å². The maximum Gasteiger partial charge on any atom is 0.255 e. The van der Waals surface area contributed by atoms with E-state index in [2.05, 4.69) is 15.5 Å². The lowest BCUT2D eigenvalue weighted by Crippen LogP contribution is -2.43. The number of hydrogen-bond acceptors (Lipinski definition) is 4. The first-order chi connectivity index (χ1) is 10.7. The maximum absolute atomic E-state index is 12.1. The largest absolute Gasteiger partial charge is 0.508 e. The number of benzene rings is 2. The molecule has 114 valence electrons. The predicted octanol–water partition coefficient (Wildman–Crippen LogP) is 2.05. The highest BCUT2D eigenvalue weighted by atomic mass is 16.3. The first-order valence-electron chi connectivity index (χ1n) is 7.38. The first kappa shape index (κ1) is 14.4. The molecule has 0 unspecified atom stereocenters. The van der Waals surface area contributed by atoms with Crippen LogP contribution in [0.1, 0.15) is 10.4 Å². The normalized spacial score (nSPS) is 14.6. The summed E-state index contributed by atoms with van der Waals surface area (Å²) in [6.07, 6.45) is 0. The number of hydrogen-bond donors (Lipinski definition) is 3. The van der Waals surface area contributed by atoms with Gasteiger partial charge in [0.2, 0.25) is 0 Å². The maximum atomic E-state index is 12.1. The van der Waals surface area contributed by atoms with E-state index in [1.807, 2.05) is 24.3 Å². The van der Waals surface area contributed by atoms with E-state index >= 15 is 0 Å². The van der Waals surface area contributed by atoms with Gasteiger partial charge in [-0.25, -0.2) is 0 Å². The molecule has 0 saturated carbocycles. The number of rotatable bonds is 3. The molecule has 1 amide bonds. The number of anilines is 2. The highest BCUT2D eigenvalue weighted by molar-refractivity contribution is 6.04. The average Bonchev–Trinajstić information content (AvgIpc) is 2.57. The van der Waals surface area contributed by atoms with Crippen LogP contribution in [0, 0.1) is 0 Å². The summed E-state index contributed by atoms with van der Waals surface area (Å²) in [5.41, 5.74) is 2.45. The summed E-state index contributed by atoms with van der Waals surface area (Å²) < 4.78 is 0. The van der Waals surface area contributed by atoms with E-state index in [1.165, 1.54) is 17.8 Å². The number of aromatic hydroxyl groups is 1. The fraction of sp³-hybridized carbons (Fsp3) is 0.235. The van der Waals surface area contributed by atoms with Gasteiger partial charge in [-0.2, -0.15) is 0 Å². The van der Waals surface area contributed by atoms with Crippen LogP contribution < -0.4 is 15.5 Å². The molecule has 2 aromatic rings. The number of carbonyl (C=O) groups excluding carboxylic acids is 1. The third-order valence-corrected chi connectivity index (χ3v) is 3.74. The van der Waals surface area contributed by atoms with Gasteiger partial charge >= 0.3 is 0 Å². The number of nitrogens with zero attached hydrogens (tertiary/aromatic N) is 1. The second kappa shape index (κ2) is 6.49. The van der Waals surface area contributed by atoms with Crippen molar-refractivity contribution < 1.29 is 9.90 Å². The van der Waals surface area contributed by atoms with Crippen LogP contribution in [0.15, 0.2) is 48.5 Å². The van der Waals surface area contributed by atoms with E-state index in [0.717, 1.165) is 31.9 Å². The van der Waals surface area contributed by atoms with Crippen molar-refractivity contribution in [3.8, 4) is 5.75 Å². The molecular weight excluding hydrogens is 278 g/mol. The van der Waals surface area contributed by atoms with E-state index in [1.54, 1.807) is 12.1 Å². The lowest BCUT2D eigenvalue weighted by atomic mass is 10.2. The van der Waals surface area contributed by atoms with Gasteiger partial charge in [-0.1, -0.05) is 0 Å². The second-order valence-corrected chi connectivity index (χ2v) is 5.28. The minimum absolute atomic E-state index is 0.150. The Kier molecular flexibility index (Phi) is 4.25. The van der Waals surface area contributed by atoms with E-state index in [4.69, 9.17) is 0 Å². The Morgan fingerprint density at radius 3 is 2.27 bits per heavy atom. The Hall–Kier alpha value is -2.53. The zero-order chi connectivity index (χ0) is 15.4. The SMILES string of the molecule is O=C(Nc1ccc(N2CCNCC2)cc1)c1ccc(O)cc1. The molecular formula is C17H19N3O2. The Bertz CT molecular complexity index is 632. The van der Waals surface area contributed by atoms with Crippen LogP contribution in [0.2, 0.25) is 0 Å². The zero-order valence-corrected chi connectivity index (χ0v) is 12.2. The molecule has 1 aliphatic heterocycles. The lowest BCUT2D eigenvalue weighted by Gasteiger charge is -2.29. The molecule has 0 radical (unpaired) electrons. The number of amides is 1. The molecule has 22 heavy (non-hydrogen) atoms. The molecule has 0 spiro atoms. The van der Waals surface area contributed by atoms with Gasteiger partial charge in [0.15, 0.2) is 0 Å². The third-order valence-electron chi connectivity index (χ3n) is 3.74. The summed E-state index contributed by atoms with van der Waals surface area (Å²) in [7, 11) is 0. The second-order valence-electron chi connectivity index (χ2n) is 5.28. The van der Waals surface area contributed by atoms with Crippen molar-refractivity contribution in [2.24, 2.45) is 0 Å². The minimum atomic E-state index is -0.185. The molecule has 2 aromatic carbocycles. The summed E-state index contributed by atoms with van der Waals surface area (Å²) in [6.45, 7) is 4.00. The average molecular weight is 297 g/mol.